The van der Waals surface area contributed by atoms with Gasteiger partial charge in [0.25, 0.3) is 0 Å². The fraction of sp³-hybridized carbons (Fsp3) is 0.500. The number of aryl methyl sites for hydroxylation is 1. The number of amides is 1. The monoisotopic (exact) mass is 430 g/mol. The Morgan fingerprint density at radius 2 is 2.13 bits per heavy atom. The van der Waals surface area contributed by atoms with Gasteiger partial charge >= 0.3 is 5.69 Å². The Morgan fingerprint density at radius 1 is 1.33 bits per heavy atom. The molecule has 1 aliphatic rings. The zero-order valence-electron chi connectivity index (χ0n) is 18.2. The molecule has 0 spiro atoms. The van der Waals surface area contributed by atoms with Crippen LogP contribution >= 0.6 is 11.8 Å². The van der Waals surface area contributed by atoms with Crippen LogP contribution in [-0.2, 0) is 24.2 Å². The number of methoxy groups -OCH3 is 1. The number of benzene rings is 1. The lowest BCUT2D eigenvalue weighted by atomic mass is 10.2. The number of nitrogens with zero attached hydrogens (tertiary/aromatic N) is 3. The molecule has 1 N–H and O–H groups in total. The van der Waals surface area contributed by atoms with Crippen LogP contribution in [-0.4, -0.2) is 53.9 Å². The smallest absolute Gasteiger partial charge is 0.348 e. The van der Waals surface area contributed by atoms with E-state index in [1.807, 2.05) is 43.8 Å². The van der Waals surface area contributed by atoms with E-state index < -0.39 is 0 Å². The van der Waals surface area contributed by atoms with E-state index in [9.17, 15) is 9.59 Å². The van der Waals surface area contributed by atoms with E-state index in [-0.39, 0.29) is 17.3 Å². The molecule has 30 heavy (non-hydrogen) atoms. The minimum absolute atomic E-state index is 0.146. The number of aromatic nitrogens is 2. The number of carbonyl (C=O) groups is 1. The van der Waals surface area contributed by atoms with E-state index in [1.54, 1.807) is 7.11 Å². The number of hydrogen-bond acceptors (Lipinski definition) is 6. The summed E-state index contributed by atoms with van der Waals surface area (Å²) in [6, 6.07) is 5.65. The summed E-state index contributed by atoms with van der Waals surface area (Å²) in [5, 5.41) is 3.60. The van der Waals surface area contributed by atoms with E-state index in [2.05, 4.69) is 15.2 Å². The number of thioether (sulfide) groups is 1. The van der Waals surface area contributed by atoms with Crippen molar-refractivity contribution in [1.29, 1.82) is 0 Å². The minimum Gasteiger partial charge on any atom is -0.495 e. The van der Waals surface area contributed by atoms with Crippen molar-refractivity contribution in [2.45, 2.75) is 44.2 Å². The van der Waals surface area contributed by atoms with Gasteiger partial charge in [0, 0.05) is 17.8 Å². The molecular weight excluding hydrogens is 400 g/mol. The SMILES string of the molecule is COc1ccc(C)cc1NC(=O)CSc1nc(=O)n(CCCN(C)C)c2c1CCC2. The lowest BCUT2D eigenvalue weighted by Crippen LogP contribution is -2.29. The summed E-state index contributed by atoms with van der Waals surface area (Å²) in [7, 11) is 5.64. The number of rotatable bonds is 9. The number of hydrogen-bond donors (Lipinski definition) is 1. The van der Waals surface area contributed by atoms with Crippen molar-refractivity contribution in [1.82, 2.24) is 14.5 Å². The Bertz CT molecular complexity index is 972. The second-order valence-corrected chi connectivity index (χ2v) is 8.79. The highest BCUT2D eigenvalue weighted by Crippen LogP contribution is 2.30. The highest BCUT2D eigenvalue weighted by molar-refractivity contribution is 8.00. The maximum absolute atomic E-state index is 12.6. The molecule has 162 valence electrons. The first kappa shape index (κ1) is 22.4. The third kappa shape index (κ3) is 5.43. The van der Waals surface area contributed by atoms with E-state index in [0.717, 1.165) is 49.0 Å². The quantitative estimate of drug-likeness (QED) is 0.487. The molecule has 0 atom stereocenters. The summed E-state index contributed by atoms with van der Waals surface area (Å²) in [6.07, 6.45) is 3.74. The molecule has 0 fully saturated rings. The summed E-state index contributed by atoms with van der Waals surface area (Å²) < 4.78 is 7.15. The molecule has 0 aliphatic heterocycles. The average Bonchev–Trinajstić information content (AvgIpc) is 3.18. The maximum Gasteiger partial charge on any atom is 0.348 e. The topological polar surface area (TPSA) is 76.5 Å². The fourth-order valence-corrected chi connectivity index (χ4v) is 4.60. The molecule has 1 heterocycles. The third-order valence-electron chi connectivity index (χ3n) is 5.16. The van der Waals surface area contributed by atoms with Crippen molar-refractivity contribution in [2.75, 3.05) is 38.8 Å². The molecule has 0 saturated carbocycles. The highest BCUT2D eigenvalue weighted by Gasteiger charge is 2.22. The van der Waals surface area contributed by atoms with Crippen LogP contribution in [0.3, 0.4) is 0 Å². The van der Waals surface area contributed by atoms with Crippen LogP contribution in [0.1, 0.15) is 29.7 Å². The van der Waals surface area contributed by atoms with Gasteiger partial charge in [-0.05, 0) is 70.9 Å². The summed E-state index contributed by atoms with van der Waals surface area (Å²) in [5.41, 5.74) is 3.70. The molecule has 0 radical (unpaired) electrons. The first-order chi connectivity index (χ1) is 14.4. The van der Waals surface area contributed by atoms with E-state index in [0.29, 0.717) is 23.0 Å². The lowest BCUT2D eigenvalue weighted by molar-refractivity contribution is -0.113. The van der Waals surface area contributed by atoms with E-state index in [4.69, 9.17) is 4.74 Å². The second kappa shape index (κ2) is 10.1. The van der Waals surface area contributed by atoms with Gasteiger partial charge in [0.15, 0.2) is 0 Å². The zero-order valence-corrected chi connectivity index (χ0v) is 19.0. The van der Waals surface area contributed by atoms with Crippen LogP contribution < -0.4 is 15.7 Å². The maximum atomic E-state index is 12.6. The number of ether oxygens (including phenoxy) is 1. The van der Waals surface area contributed by atoms with Crippen molar-refractivity contribution >= 4 is 23.4 Å². The van der Waals surface area contributed by atoms with Crippen molar-refractivity contribution < 1.29 is 9.53 Å². The number of carbonyl (C=O) groups excluding carboxylic acids is 1. The van der Waals surface area contributed by atoms with Crippen molar-refractivity contribution in [2.24, 2.45) is 0 Å². The largest absolute Gasteiger partial charge is 0.495 e. The van der Waals surface area contributed by atoms with Gasteiger partial charge in [-0.2, -0.15) is 4.98 Å². The predicted octanol–water partition coefficient (Wildman–Crippen LogP) is 2.73. The number of fused-ring (bicyclic) bond motifs is 1. The van der Waals surface area contributed by atoms with Crippen molar-refractivity contribution in [3.05, 3.63) is 45.5 Å². The standard InChI is InChI=1S/C22H30N4O3S/c1-15-9-10-19(29-4)17(13-15)23-20(27)14-30-21-16-7-5-8-18(16)26(22(28)24-21)12-6-11-25(2)3/h9-10,13H,5-8,11-12,14H2,1-4H3,(H,23,27). The molecule has 1 aromatic heterocycles. The van der Waals surface area contributed by atoms with Gasteiger partial charge in [-0.15, -0.1) is 0 Å². The highest BCUT2D eigenvalue weighted by atomic mass is 32.2. The van der Waals surface area contributed by atoms with Gasteiger partial charge in [-0.3, -0.25) is 9.36 Å². The summed E-state index contributed by atoms with van der Waals surface area (Å²) in [4.78, 5) is 31.6. The lowest BCUT2D eigenvalue weighted by Gasteiger charge is -2.15. The Hall–Kier alpha value is -2.32. The molecule has 8 heteroatoms. The first-order valence-electron chi connectivity index (χ1n) is 10.2. The Labute approximate surface area is 181 Å². The average molecular weight is 431 g/mol. The van der Waals surface area contributed by atoms with Gasteiger partial charge in [-0.1, -0.05) is 17.8 Å². The molecule has 7 nitrogen and oxygen atoms in total. The van der Waals surface area contributed by atoms with Crippen LogP contribution in [0.15, 0.2) is 28.0 Å². The Morgan fingerprint density at radius 3 is 2.87 bits per heavy atom. The van der Waals surface area contributed by atoms with Crippen LogP contribution in [0.2, 0.25) is 0 Å². The number of nitrogens with one attached hydrogen (secondary N) is 1. The molecule has 0 unspecified atom stereocenters. The minimum atomic E-state index is -0.210. The zero-order chi connectivity index (χ0) is 21.7. The van der Waals surface area contributed by atoms with Crippen LogP contribution in [0.5, 0.6) is 5.75 Å². The van der Waals surface area contributed by atoms with Gasteiger partial charge in [0.05, 0.1) is 18.6 Å². The van der Waals surface area contributed by atoms with Gasteiger partial charge in [0.2, 0.25) is 5.91 Å². The van der Waals surface area contributed by atoms with Gasteiger partial charge in [0.1, 0.15) is 10.8 Å². The first-order valence-corrected chi connectivity index (χ1v) is 11.2. The Kier molecular flexibility index (Phi) is 7.55. The molecular formula is C22H30N4O3S. The van der Waals surface area contributed by atoms with E-state index in [1.165, 1.54) is 11.8 Å². The summed E-state index contributed by atoms with van der Waals surface area (Å²) in [5.74, 6) is 0.673. The van der Waals surface area contributed by atoms with E-state index >= 15 is 0 Å². The summed E-state index contributed by atoms with van der Waals surface area (Å²) in [6.45, 7) is 3.58. The third-order valence-corrected chi connectivity index (χ3v) is 6.17. The molecule has 2 aromatic rings. The summed E-state index contributed by atoms with van der Waals surface area (Å²) >= 11 is 1.34. The van der Waals surface area contributed by atoms with Gasteiger partial charge in [-0.25, -0.2) is 4.79 Å². The molecule has 1 amide bonds. The normalized spacial score (nSPS) is 12.8. The Balaban J connectivity index is 1.69. The fourth-order valence-electron chi connectivity index (χ4n) is 3.72. The van der Waals surface area contributed by atoms with Crippen LogP contribution in [0.4, 0.5) is 5.69 Å². The molecule has 3 rings (SSSR count). The van der Waals surface area contributed by atoms with Gasteiger partial charge < -0.3 is 15.0 Å². The molecule has 1 aromatic carbocycles. The number of anilines is 1. The molecule has 0 saturated heterocycles. The van der Waals surface area contributed by atoms with Crippen LogP contribution in [0.25, 0.3) is 0 Å². The molecule has 1 aliphatic carbocycles. The van der Waals surface area contributed by atoms with Crippen LogP contribution in [0, 0.1) is 6.92 Å². The predicted molar refractivity (Wildman–Crippen MR) is 121 cm³/mol. The second-order valence-electron chi connectivity index (χ2n) is 7.83. The van der Waals surface area contributed by atoms with Crippen molar-refractivity contribution in [3.63, 3.8) is 0 Å². The molecule has 0 bridgehead atoms. The van der Waals surface area contributed by atoms with Crippen molar-refractivity contribution in [3.8, 4) is 5.75 Å².